The molecule has 0 bridgehead atoms. The molecule has 1 N–H and O–H groups in total. The van der Waals surface area contributed by atoms with Gasteiger partial charge in [-0.25, -0.2) is 17.5 Å². The Bertz CT molecular complexity index is 1110. The second-order valence-electron chi connectivity index (χ2n) is 6.81. The molecule has 0 aliphatic heterocycles. The molecular formula is C21H23FN4O3S. The average Bonchev–Trinajstić information content (AvgIpc) is 3.15. The van der Waals surface area contributed by atoms with Gasteiger partial charge < -0.3 is 5.32 Å². The van der Waals surface area contributed by atoms with Crippen LogP contribution in [0.5, 0.6) is 0 Å². The van der Waals surface area contributed by atoms with Gasteiger partial charge in [-0.3, -0.25) is 4.79 Å². The van der Waals surface area contributed by atoms with Gasteiger partial charge in [0.05, 0.1) is 24.2 Å². The van der Waals surface area contributed by atoms with Gasteiger partial charge in [0.15, 0.2) is 0 Å². The summed E-state index contributed by atoms with van der Waals surface area (Å²) < 4.78 is 40.7. The normalized spacial score (nSPS) is 11.6. The van der Waals surface area contributed by atoms with E-state index < -0.39 is 28.3 Å². The summed E-state index contributed by atoms with van der Waals surface area (Å²) in [6, 6.07) is 14.2. The van der Waals surface area contributed by atoms with Gasteiger partial charge in [-0.05, 0) is 41.8 Å². The quantitative estimate of drug-likeness (QED) is 0.596. The Morgan fingerprint density at radius 1 is 1.07 bits per heavy atom. The van der Waals surface area contributed by atoms with Crippen LogP contribution in [0.3, 0.4) is 0 Å². The van der Waals surface area contributed by atoms with E-state index in [1.54, 1.807) is 16.9 Å². The first-order valence-electron chi connectivity index (χ1n) is 9.41. The number of carbonyl (C=O) groups excluding carboxylic acids is 1. The molecule has 1 heterocycles. The maximum Gasteiger partial charge on any atom is 0.243 e. The SMILES string of the molecule is CCc1ccc(Cn2nccc2NC(=O)CN(C)S(=O)(=O)c2ccc(F)cc2)cc1. The molecule has 0 aliphatic rings. The van der Waals surface area contributed by atoms with E-state index in [4.69, 9.17) is 0 Å². The predicted molar refractivity (Wildman–Crippen MR) is 112 cm³/mol. The summed E-state index contributed by atoms with van der Waals surface area (Å²) in [5, 5.41) is 6.92. The standard InChI is InChI=1S/C21H23FN4O3S/c1-3-16-4-6-17(7-5-16)14-26-20(12-13-23-26)24-21(27)15-25(2)30(28,29)19-10-8-18(22)9-11-19/h4-13H,3,14-15H2,1-2H3,(H,24,27). The fourth-order valence-electron chi connectivity index (χ4n) is 2.87. The topological polar surface area (TPSA) is 84.3 Å². The highest BCUT2D eigenvalue weighted by atomic mass is 32.2. The predicted octanol–water partition coefficient (Wildman–Crippen LogP) is 2.89. The fraction of sp³-hybridized carbons (Fsp3) is 0.238. The van der Waals surface area contributed by atoms with E-state index in [0.717, 1.165) is 40.6 Å². The molecule has 2 aromatic carbocycles. The summed E-state index contributed by atoms with van der Waals surface area (Å²) in [5.41, 5.74) is 2.26. The van der Waals surface area contributed by atoms with Gasteiger partial charge in [0.1, 0.15) is 11.6 Å². The third kappa shape index (κ3) is 5.11. The minimum absolute atomic E-state index is 0.0835. The highest BCUT2D eigenvalue weighted by Gasteiger charge is 2.23. The van der Waals surface area contributed by atoms with Gasteiger partial charge in [-0.1, -0.05) is 31.2 Å². The lowest BCUT2D eigenvalue weighted by Crippen LogP contribution is -2.35. The van der Waals surface area contributed by atoms with Crippen molar-refractivity contribution in [2.75, 3.05) is 18.9 Å². The van der Waals surface area contributed by atoms with E-state index in [2.05, 4.69) is 17.3 Å². The monoisotopic (exact) mass is 430 g/mol. The zero-order valence-corrected chi connectivity index (χ0v) is 17.6. The van der Waals surface area contributed by atoms with E-state index in [9.17, 15) is 17.6 Å². The number of benzene rings is 2. The van der Waals surface area contributed by atoms with Crippen LogP contribution in [0.1, 0.15) is 18.1 Å². The van der Waals surface area contributed by atoms with Crippen molar-refractivity contribution in [1.29, 1.82) is 0 Å². The number of aromatic nitrogens is 2. The van der Waals surface area contributed by atoms with Gasteiger partial charge in [0.25, 0.3) is 0 Å². The zero-order chi connectivity index (χ0) is 21.7. The number of nitrogens with one attached hydrogen (secondary N) is 1. The van der Waals surface area contributed by atoms with Crippen LogP contribution in [-0.4, -0.2) is 42.0 Å². The molecule has 0 unspecified atom stereocenters. The summed E-state index contributed by atoms with van der Waals surface area (Å²) in [5.74, 6) is -0.578. The van der Waals surface area contributed by atoms with Crippen molar-refractivity contribution >= 4 is 21.7 Å². The van der Waals surface area contributed by atoms with Gasteiger partial charge >= 0.3 is 0 Å². The van der Waals surface area contributed by atoms with Crippen molar-refractivity contribution < 1.29 is 17.6 Å². The number of anilines is 1. The van der Waals surface area contributed by atoms with E-state index in [1.165, 1.54) is 12.6 Å². The lowest BCUT2D eigenvalue weighted by Gasteiger charge is -2.17. The average molecular weight is 431 g/mol. The third-order valence-electron chi connectivity index (χ3n) is 4.64. The van der Waals surface area contributed by atoms with Crippen molar-refractivity contribution in [2.24, 2.45) is 0 Å². The van der Waals surface area contributed by atoms with Gasteiger partial charge in [-0.2, -0.15) is 9.40 Å². The van der Waals surface area contributed by atoms with Crippen molar-refractivity contribution in [1.82, 2.24) is 14.1 Å². The molecule has 0 saturated carbocycles. The second-order valence-corrected chi connectivity index (χ2v) is 8.85. The van der Waals surface area contributed by atoms with Crippen molar-refractivity contribution in [3.8, 4) is 0 Å². The Morgan fingerprint density at radius 2 is 1.70 bits per heavy atom. The van der Waals surface area contributed by atoms with Gasteiger partial charge in [0.2, 0.25) is 15.9 Å². The van der Waals surface area contributed by atoms with Crippen LogP contribution in [0.15, 0.2) is 65.7 Å². The number of sulfonamides is 1. The highest BCUT2D eigenvalue weighted by Crippen LogP contribution is 2.16. The number of carbonyl (C=O) groups is 1. The number of likely N-dealkylation sites (N-methyl/N-ethyl adjacent to an activating group) is 1. The first-order valence-corrected chi connectivity index (χ1v) is 10.8. The maximum atomic E-state index is 13.0. The number of rotatable bonds is 8. The Morgan fingerprint density at radius 3 is 2.33 bits per heavy atom. The largest absolute Gasteiger partial charge is 0.310 e. The number of aryl methyl sites for hydroxylation is 1. The van der Waals surface area contributed by atoms with Crippen LogP contribution < -0.4 is 5.32 Å². The Balaban J connectivity index is 1.65. The lowest BCUT2D eigenvalue weighted by molar-refractivity contribution is -0.116. The van der Waals surface area contributed by atoms with Crippen LogP contribution in [0.4, 0.5) is 10.2 Å². The molecule has 3 rings (SSSR count). The highest BCUT2D eigenvalue weighted by molar-refractivity contribution is 7.89. The maximum absolute atomic E-state index is 13.0. The summed E-state index contributed by atoms with van der Waals surface area (Å²) in [6.45, 7) is 2.16. The van der Waals surface area contributed by atoms with Gasteiger partial charge in [0, 0.05) is 13.1 Å². The van der Waals surface area contributed by atoms with Gasteiger partial charge in [-0.15, -0.1) is 0 Å². The summed E-state index contributed by atoms with van der Waals surface area (Å²) in [7, 11) is -2.62. The summed E-state index contributed by atoms with van der Waals surface area (Å²) >= 11 is 0. The Kier molecular flexibility index (Phi) is 6.63. The fourth-order valence-corrected chi connectivity index (χ4v) is 4.00. The van der Waals surface area contributed by atoms with Crippen LogP contribution in [0, 0.1) is 5.82 Å². The molecule has 0 atom stereocenters. The van der Waals surface area contributed by atoms with Crippen LogP contribution >= 0.6 is 0 Å². The number of nitrogens with zero attached hydrogens (tertiary/aromatic N) is 3. The molecule has 9 heteroatoms. The minimum Gasteiger partial charge on any atom is -0.310 e. The van der Waals surface area contributed by atoms with Crippen molar-refractivity contribution in [3.63, 3.8) is 0 Å². The summed E-state index contributed by atoms with van der Waals surface area (Å²) in [4.78, 5) is 12.3. The third-order valence-corrected chi connectivity index (χ3v) is 6.45. The number of halogens is 1. The van der Waals surface area contributed by atoms with Crippen molar-refractivity contribution in [3.05, 3.63) is 77.7 Å². The zero-order valence-electron chi connectivity index (χ0n) is 16.7. The molecule has 1 aromatic heterocycles. The first-order chi connectivity index (χ1) is 14.3. The van der Waals surface area contributed by atoms with Crippen LogP contribution in [0.2, 0.25) is 0 Å². The molecule has 0 fully saturated rings. The molecular weight excluding hydrogens is 407 g/mol. The lowest BCUT2D eigenvalue weighted by atomic mass is 10.1. The van der Waals surface area contributed by atoms with E-state index >= 15 is 0 Å². The Labute approximate surface area is 175 Å². The molecule has 7 nitrogen and oxygen atoms in total. The van der Waals surface area contributed by atoms with E-state index in [-0.39, 0.29) is 4.90 Å². The molecule has 3 aromatic rings. The Hall–Kier alpha value is -3.04. The summed E-state index contributed by atoms with van der Waals surface area (Å²) in [6.07, 6.45) is 2.52. The van der Waals surface area contributed by atoms with E-state index in [1.807, 2.05) is 24.3 Å². The first kappa shape index (κ1) is 21.7. The van der Waals surface area contributed by atoms with Crippen molar-refractivity contribution in [2.45, 2.75) is 24.8 Å². The van der Waals surface area contributed by atoms with Crippen LogP contribution in [-0.2, 0) is 27.8 Å². The minimum atomic E-state index is -3.91. The molecule has 30 heavy (non-hydrogen) atoms. The number of amides is 1. The molecule has 0 aliphatic carbocycles. The molecule has 0 spiro atoms. The molecule has 1 amide bonds. The van der Waals surface area contributed by atoms with E-state index in [0.29, 0.717) is 12.4 Å². The smallest absolute Gasteiger partial charge is 0.243 e. The number of hydrogen-bond donors (Lipinski definition) is 1. The number of hydrogen-bond acceptors (Lipinski definition) is 4. The molecule has 0 radical (unpaired) electrons. The second kappa shape index (κ2) is 9.19. The van der Waals surface area contributed by atoms with Crippen LogP contribution in [0.25, 0.3) is 0 Å². The molecule has 158 valence electrons. The molecule has 0 saturated heterocycles.